The van der Waals surface area contributed by atoms with E-state index in [-0.39, 0.29) is 11.5 Å². The molecule has 0 radical (unpaired) electrons. The summed E-state index contributed by atoms with van der Waals surface area (Å²) in [7, 11) is 0. The van der Waals surface area contributed by atoms with Crippen LogP contribution in [0, 0.1) is 5.92 Å². The van der Waals surface area contributed by atoms with Gasteiger partial charge in [-0.3, -0.25) is 9.59 Å². The zero-order valence-corrected chi connectivity index (χ0v) is 10.4. The van der Waals surface area contributed by atoms with Gasteiger partial charge in [0.25, 0.3) is 5.91 Å². The van der Waals surface area contributed by atoms with Gasteiger partial charge in [0.2, 0.25) is 5.56 Å². The number of nitrogens with zero attached hydrogens (tertiary/aromatic N) is 1. The third-order valence-electron chi connectivity index (χ3n) is 3.38. The summed E-state index contributed by atoms with van der Waals surface area (Å²) in [5, 5.41) is 0. The predicted octanol–water partition coefficient (Wildman–Crippen LogP) is 0.576. The lowest BCUT2D eigenvalue weighted by Crippen LogP contribution is -2.41. The molecule has 18 heavy (non-hydrogen) atoms. The van der Waals surface area contributed by atoms with Crippen molar-refractivity contribution in [2.45, 2.75) is 19.3 Å². The van der Waals surface area contributed by atoms with Crippen LogP contribution in [0.15, 0.2) is 23.0 Å². The highest BCUT2D eigenvalue weighted by atomic mass is 16.2. The molecule has 0 saturated carbocycles. The van der Waals surface area contributed by atoms with Crippen molar-refractivity contribution in [3.8, 4) is 0 Å². The molecule has 1 aromatic rings. The molecule has 98 valence electrons. The second-order valence-corrected chi connectivity index (χ2v) is 4.77. The molecule has 0 bridgehead atoms. The molecule has 1 aliphatic heterocycles. The van der Waals surface area contributed by atoms with Crippen LogP contribution in [0.2, 0.25) is 0 Å². The molecular weight excluding hydrogens is 230 g/mol. The highest BCUT2D eigenvalue weighted by Gasteiger charge is 2.24. The average Bonchev–Trinajstić information content (AvgIpc) is 2.39. The Balaban J connectivity index is 2.06. The van der Waals surface area contributed by atoms with Crippen molar-refractivity contribution in [2.75, 3.05) is 19.6 Å². The van der Waals surface area contributed by atoms with Gasteiger partial charge >= 0.3 is 0 Å². The Morgan fingerprint density at radius 1 is 1.50 bits per heavy atom. The van der Waals surface area contributed by atoms with Crippen molar-refractivity contribution in [3.63, 3.8) is 0 Å². The summed E-state index contributed by atoms with van der Waals surface area (Å²) in [5.74, 6) is 0.401. The number of amides is 1. The fraction of sp³-hybridized carbons (Fsp3) is 0.538. The van der Waals surface area contributed by atoms with Crippen LogP contribution in [-0.2, 0) is 0 Å². The molecule has 2 rings (SSSR count). The Morgan fingerprint density at radius 3 is 3.06 bits per heavy atom. The average molecular weight is 249 g/mol. The molecule has 1 atom stereocenters. The number of piperidine rings is 1. The van der Waals surface area contributed by atoms with Crippen molar-refractivity contribution in [2.24, 2.45) is 11.7 Å². The van der Waals surface area contributed by atoms with Gasteiger partial charge < -0.3 is 15.6 Å². The van der Waals surface area contributed by atoms with E-state index < -0.39 is 0 Å². The minimum absolute atomic E-state index is 0.0885. The van der Waals surface area contributed by atoms with Gasteiger partial charge in [0.15, 0.2) is 0 Å². The smallest absolute Gasteiger partial charge is 0.270 e. The third kappa shape index (κ3) is 2.98. The third-order valence-corrected chi connectivity index (χ3v) is 3.38. The van der Waals surface area contributed by atoms with Crippen LogP contribution in [0.1, 0.15) is 29.8 Å². The quantitative estimate of drug-likeness (QED) is 0.822. The van der Waals surface area contributed by atoms with Crippen molar-refractivity contribution in [1.29, 1.82) is 0 Å². The first-order valence-electron chi connectivity index (χ1n) is 6.39. The summed E-state index contributed by atoms with van der Waals surface area (Å²) >= 11 is 0. The molecule has 1 aliphatic rings. The monoisotopic (exact) mass is 249 g/mol. The number of aromatic amines is 1. The molecule has 1 unspecified atom stereocenters. The molecule has 3 N–H and O–H groups in total. The topological polar surface area (TPSA) is 79.2 Å². The highest BCUT2D eigenvalue weighted by molar-refractivity contribution is 5.92. The Kier molecular flexibility index (Phi) is 4.15. The van der Waals surface area contributed by atoms with Crippen LogP contribution in [0.4, 0.5) is 0 Å². The second-order valence-electron chi connectivity index (χ2n) is 4.77. The predicted molar refractivity (Wildman–Crippen MR) is 69.4 cm³/mol. The second kappa shape index (κ2) is 5.82. The molecule has 1 fully saturated rings. The van der Waals surface area contributed by atoms with Gasteiger partial charge in [0.05, 0.1) is 0 Å². The van der Waals surface area contributed by atoms with Gasteiger partial charge in [-0.1, -0.05) is 6.07 Å². The maximum Gasteiger partial charge on any atom is 0.270 e. The normalized spacial score (nSPS) is 19.8. The number of H-pyrrole nitrogens is 1. The Hall–Kier alpha value is -1.62. The molecule has 1 amide bonds. The SMILES string of the molecule is NCCC1CCCN(C(=O)c2cccc(=O)[nH]2)C1. The summed E-state index contributed by atoms with van der Waals surface area (Å²) < 4.78 is 0. The zero-order chi connectivity index (χ0) is 13.0. The van der Waals surface area contributed by atoms with Crippen molar-refractivity contribution in [3.05, 3.63) is 34.2 Å². The van der Waals surface area contributed by atoms with Gasteiger partial charge in [-0.2, -0.15) is 0 Å². The summed E-state index contributed by atoms with van der Waals surface area (Å²) in [6.45, 7) is 2.17. The molecule has 0 spiro atoms. The van der Waals surface area contributed by atoms with E-state index in [0.29, 0.717) is 18.2 Å². The first kappa shape index (κ1) is 12.8. The van der Waals surface area contributed by atoms with Crippen molar-refractivity contribution >= 4 is 5.91 Å². The van der Waals surface area contributed by atoms with E-state index in [4.69, 9.17) is 5.73 Å². The molecule has 2 heterocycles. The first-order chi connectivity index (χ1) is 8.70. The lowest BCUT2D eigenvalue weighted by Gasteiger charge is -2.32. The number of carbonyl (C=O) groups excluding carboxylic acids is 1. The highest BCUT2D eigenvalue weighted by Crippen LogP contribution is 2.20. The summed E-state index contributed by atoms with van der Waals surface area (Å²) in [4.78, 5) is 27.8. The van der Waals surface area contributed by atoms with Gasteiger partial charge in [-0.05, 0) is 37.8 Å². The minimum Gasteiger partial charge on any atom is -0.337 e. The van der Waals surface area contributed by atoms with E-state index >= 15 is 0 Å². The molecule has 5 heteroatoms. The largest absolute Gasteiger partial charge is 0.337 e. The van der Waals surface area contributed by atoms with E-state index in [1.54, 1.807) is 12.1 Å². The summed E-state index contributed by atoms with van der Waals surface area (Å²) in [5.41, 5.74) is 5.69. The van der Waals surface area contributed by atoms with Crippen molar-refractivity contribution < 1.29 is 4.79 Å². The lowest BCUT2D eigenvalue weighted by atomic mass is 9.94. The minimum atomic E-state index is -0.239. The van der Waals surface area contributed by atoms with Crippen LogP contribution < -0.4 is 11.3 Å². The number of hydrogen-bond donors (Lipinski definition) is 2. The Labute approximate surface area is 106 Å². The number of rotatable bonds is 3. The van der Waals surface area contributed by atoms with E-state index in [0.717, 1.165) is 32.4 Å². The number of pyridine rings is 1. The maximum absolute atomic E-state index is 12.2. The van der Waals surface area contributed by atoms with Crippen LogP contribution in [0.3, 0.4) is 0 Å². The maximum atomic E-state index is 12.2. The summed E-state index contributed by atoms with van der Waals surface area (Å²) in [6, 6.07) is 4.66. The number of nitrogens with two attached hydrogens (primary N) is 1. The molecule has 5 nitrogen and oxygen atoms in total. The molecule has 1 aromatic heterocycles. The molecular formula is C13H19N3O2. The molecule has 0 aliphatic carbocycles. The number of aromatic nitrogens is 1. The van der Waals surface area contributed by atoms with Crippen LogP contribution >= 0.6 is 0 Å². The zero-order valence-electron chi connectivity index (χ0n) is 10.4. The van der Waals surface area contributed by atoms with Crippen LogP contribution in [-0.4, -0.2) is 35.4 Å². The number of carbonyl (C=O) groups is 1. The number of hydrogen-bond acceptors (Lipinski definition) is 3. The van der Waals surface area contributed by atoms with Gasteiger partial charge in [-0.15, -0.1) is 0 Å². The number of likely N-dealkylation sites (tertiary alicyclic amines) is 1. The van der Waals surface area contributed by atoms with E-state index in [1.165, 1.54) is 6.07 Å². The van der Waals surface area contributed by atoms with E-state index in [2.05, 4.69) is 4.98 Å². The standard InChI is InChI=1S/C13H19N3O2/c14-7-6-10-3-2-8-16(9-10)13(18)11-4-1-5-12(17)15-11/h1,4-5,10H,2-3,6-9,14H2,(H,15,17). The molecule has 1 saturated heterocycles. The van der Waals surface area contributed by atoms with E-state index in [1.807, 2.05) is 4.90 Å². The lowest BCUT2D eigenvalue weighted by molar-refractivity contribution is 0.0663. The van der Waals surface area contributed by atoms with Crippen LogP contribution in [0.5, 0.6) is 0 Å². The van der Waals surface area contributed by atoms with Crippen LogP contribution in [0.25, 0.3) is 0 Å². The van der Waals surface area contributed by atoms with Gasteiger partial charge in [-0.25, -0.2) is 0 Å². The summed E-state index contributed by atoms with van der Waals surface area (Å²) in [6.07, 6.45) is 3.09. The number of nitrogens with one attached hydrogen (secondary N) is 1. The van der Waals surface area contributed by atoms with E-state index in [9.17, 15) is 9.59 Å². The Morgan fingerprint density at radius 2 is 2.33 bits per heavy atom. The van der Waals surface area contributed by atoms with Gasteiger partial charge in [0, 0.05) is 19.2 Å². The first-order valence-corrected chi connectivity index (χ1v) is 6.39. The fourth-order valence-corrected chi connectivity index (χ4v) is 2.46. The Bertz CT molecular complexity index is 467. The van der Waals surface area contributed by atoms with Gasteiger partial charge in [0.1, 0.15) is 5.69 Å². The molecule has 0 aromatic carbocycles. The van der Waals surface area contributed by atoms with Crippen molar-refractivity contribution in [1.82, 2.24) is 9.88 Å². The fourth-order valence-electron chi connectivity index (χ4n) is 2.46.